The zero-order valence-corrected chi connectivity index (χ0v) is 11.7. The Balaban J connectivity index is 2.29. The molecule has 0 fully saturated rings. The molecule has 2 rings (SSSR count). The number of carboxylic acid groups (broad SMARTS) is 1. The van der Waals surface area contributed by atoms with Gasteiger partial charge in [-0.2, -0.15) is 0 Å². The summed E-state index contributed by atoms with van der Waals surface area (Å²) in [6.45, 7) is 3.36. The molecular weight excluding hydrogens is 270 g/mol. The summed E-state index contributed by atoms with van der Waals surface area (Å²) in [6, 6.07) is 9.30. The number of amides is 1. The van der Waals surface area contributed by atoms with Crippen LogP contribution in [0.1, 0.15) is 31.8 Å². The second-order valence-corrected chi connectivity index (χ2v) is 4.74. The van der Waals surface area contributed by atoms with Crippen molar-refractivity contribution >= 4 is 17.6 Å². The maximum atomic E-state index is 12.1. The Labute approximate surface area is 121 Å². The molecule has 0 spiro atoms. The van der Waals surface area contributed by atoms with E-state index >= 15 is 0 Å². The van der Waals surface area contributed by atoms with E-state index in [2.05, 4.69) is 5.32 Å². The van der Waals surface area contributed by atoms with E-state index < -0.39 is 11.9 Å². The summed E-state index contributed by atoms with van der Waals surface area (Å²) >= 11 is 0. The summed E-state index contributed by atoms with van der Waals surface area (Å²) < 4.78 is 0. The number of carbonyl (C=O) groups excluding carboxylic acids is 1. The van der Waals surface area contributed by atoms with Crippen molar-refractivity contribution in [3.8, 4) is 5.75 Å². The smallest absolute Gasteiger partial charge is 0.336 e. The van der Waals surface area contributed by atoms with Gasteiger partial charge in [-0.25, -0.2) is 4.79 Å². The first-order valence-electron chi connectivity index (χ1n) is 6.34. The molecule has 0 aliphatic rings. The second kappa shape index (κ2) is 5.66. The van der Waals surface area contributed by atoms with Crippen LogP contribution in [0.5, 0.6) is 5.75 Å². The monoisotopic (exact) mass is 285 g/mol. The minimum Gasteiger partial charge on any atom is -0.508 e. The number of rotatable bonds is 3. The summed E-state index contributed by atoms with van der Waals surface area (Å²) in [4.78, 5) is 23.2. The molecule has 0 aliphatic heterocycles. The molecule has 0 bridgehead atoms. The summed E-state index contributed by atoms with van der Waals surface area (Å²) in [6.07, 6.45) is 0. The zero-order valence-electron chi connectivity index (χ0n) is 11.7. The molecule has 0 aromatic heterocycles. The van der Waals surface area contributed by atoms with E-state index in [9.17, 15) is 14.7 Å². The van der Waals surface area contributed by atoms with Crippen molar-refractivity contribution in [2.45, 2.75) is 13.8 Å². The van der Waals surface area contributed by atoms with E-state index in [1.54, 1.807) is 38.1 Å². The SMILES string of the molecule is Cc1ccc(C(=O)Nc2cccc(C(=O)O)c2C)cc1O. The van der Waals surface area contributed by atoms with Crippen molar-refractivity contribution in [2.24, 2.45) is 0 Å². The van der Waals surface area contributed by atoms with Gasteiger partial charge in [0.1, 0.15) is 5.75 Å². The second-order valence-electron chi connectivity index (χ2n) is 4.74. The van der Waals surface area contributed by atoms with Crippen LogP contribution in [0.15, 0.2) is 36.4 Å². The largest absolute Gasteiger partial charge is 0.508 e. The fourth-order valence-corrected chi connectivity index (χ4v) is 1.95. The number of nitrogens with one attached hydrogen (secondary N) is 1. The molecule has 0 saturated carbocycles. The first-order valence-corrected chi connectivity index (χ1v) is 6.34. The number of carboxylic acids is 1. The summed E-state index contributed by atoms with van der Waals surface area (Å²) in [5.41, 5.74) is 2.03. The summed E-state index contributed by atoms with van der Waals surface area (Å²) in [5.74, 6) is -1.41. The number of aromatic hydroxyl groups is 1. The Morgan fingerprint density at radius 2 is 1.81 bits per heavy atom. The van der Waals surface area contributed by atoms with Crippen LogP contribution < -0.4 is 5.32 Å². The number of anilines is 1. The van der Waals surface area contributed by atoms with Crippen molar-refractivity contribution in [3.05, 3.63) is 58.7 Å². The molecule has 5 nitrogen and oxygen atoms in total. The quantitative estimate of drug-likeness (QED) is 0.809. The van der Waals surface area contributed by atoms with Crippen molar-refractivity contribution in [1.82, 2.24) is 0 Å². The Morgan fingerprint density at radius 1 is 1.10 bits per heavy atom. The molecule has 2 aromatic rings. The molecule has 0 saturated heterocycles. The number of hydrogen-bond donors (Lipinski definition) is 3. The van der Waals surface area contributed by atoms with Crippen LogP contribution in [0.4, 0.5) is 5.69 Å². The van der Waals surface area contributed by atoms with Crippen molar-refractivity contribution in [3.63, 3.8) is 0 Å². The highest BCUT2D eigenvalue weighted by atomic mass is 16.4. The van der Waals surface area contributed by atoms with Gasteiger partial charge in [0.05, 0.1) is 5.56 Å². The highest BCUT2D eigenvalue weighted by Gasteiger charge is 2.13. The Bertz CT molecular complexity index is 722. The lowest BCUT2D eigenvalue weighted by atomic mass is 10.1. The van der Waals surface area contributed by atoms with Gasteiger partial charge in [-0.3, -0.25) is 4.79 Å². The first kappa shape index (κ1) is 14.6. The Morgan fingerprint density at radius 3 is 2.43 bits per heavy atom. The van der Waals surface area contributed by atoms with E-state index in [0.29, 0.717) is 22.4 Å². The van der Waals surface area contributed by atoms with Gasteiger partial charge in [0.25, 0.3) is 5.91 Å². The fourth-order valence-electron chi connectivity index (χ4n) is 1.95. The van der Waals surface area contributed by atoms with Gasteiger partial charge in [-0.15, -0.1) is 0 Å². The van der Waals surface area contributed by atoms with E-state index in [1.807, 2.05) is 0 Å². The molecule has 0 atom stereocenters. The molecule has 5 heteroatoms. The Hall–Kier alpha value is -2.82. The number of hydrogen-bond acceptors (Lipinski definition) is 3. The maximum absolute atomic E-state index is 12.1. The molecule has 0 radical (unpaired) electrons. The minimum atomic E-state index is -1.04. The van der Waals surface area contributed by atoms with Gasteiger partial charge in [0, 0.05) is 11.3 Å². The average molecular weight is 285 g/mol. The highest BCUT2D eigenvalue weighted by molar-refractivity contribution is 6.05. The van der Waals surface area contributed by atoms with E-state index in [-0.39, 0.29) is 11.3 Å². The number of phenolic OH excluding ortho intramolecular Hbond substituents is 1. The van der Waals surface area contributed by atoms with E-state index in [1.165, 1.54) is 12.1 Å². The van der Waals surface area contributed by atoms with Crippen LogP contribution in [0.3, 0.4) is 0 Å². The maximum Gasteiger partial charge on any atom is 0.336 e. The molecule has 3 N–H and O–H groups in total. The number of phenols is 1. The Kier molecular flexibility index (Phi) is 3.93. The van der Waals surface area contributed by atoms with Crippen LogP contribution in [0, 0.1) is 13.8 Å². The molecule has 0 heterocycles. The third-order valence-corrected chi connectivity index (χ3v) is 3.28. The third-order valence-electron chi connectivity index (χ3n) is 3.28. The average Bonchev–Trinajstić information content (AvgIpc) is 2.43. The van der Waals surface area contributed by atoms with Crippen LogP contribution in [-0.4, -0.2) is 22.1 Å². The van der Waals surface area contributed by atoms with Crippen molar-refractivity contribution < 1.29 is 19.8 Å². The topological polar surface area (TPSA) is 86.6 Å². The predicted octanol–water partition coefficient (Wildman–Crippen LogP) is 2.96. The zero-order chi connectivity index (χ0) is 15.6. The van der Waals surface area contributed by atoms with Gasteiger partial charge in [0.2, 0.25) is 0 Å². The lowest BCUT2D eigenvalue weighted by Crippen LogP contribution is -2.14. The van der Waals surface area contributed by atoms with Gasteiger partial charge < -0.3 is 15.5 Å². The van der Waals surface area contributed by atoms with Gasteiger partial charge in [-0.05, 0) is 49.2 Å². The van der Waals surface area contributed by atoms with E-state index in [4.69, 9.17) is 5.11 Å². The standard InChI is InChI=1S/C16H15NO4/c1-9-6-7-11(8-14(9)18)15(19)17-13-5-3-4-12(10(13)2)16(20)21/h3-8,18H,1-2H3,(H,17,19)(H,20,21). The van der Waals surface area contributed by atoms with Gasteiger partial charge >= 0.3 is 5.97 Å². The third kappa shape index (κ3) is 3.02. The molecule has 0 aliphatic carbocycles. The minimum absolute atomic E-state index is 0.0404. The summed E-state index contributed by atoms with van der Waals surface area (Å²) in [5, 5.41) is 21.3. The van der Waals surface area contributed by atoms with Crippen LogP contribution in [0.25, 0.3) is 0 Å². The summed E-state index contributed by atoms with van der Waals surface area (Å²) in [7, 11) is 0. The first-order chi connectivity index (χ1) is 9.90. The van der Waals surface area contributed by atoms with Crippen LogP contribution >= 0.6 is 0 Å². The van der Waals surface area contributed by atoms with Crippen molar-refractivity contribution in [2.75, 3.05) is 5.32 Å². The molecule has 2 aromatic carbocycles. The number of benzene rings is 2. The van der Waals surface area contributed by atoms with Crippen molar-refractivity contribution in [1.29, 1.82) is 0 Å². The van der Waals surface area contributed by atoms with Crippen LogP contribution in [-0.2, 0) is 0 Å². The van der Waals surface area contributed by atoms with E-state index in [0.717, 1.165) is 0 Å². The molecule has 1 amide bonds. The molecule has 108 valence electrons. The van der Waals surface area contributed by atoms with Gasteiger partial charge in [0.15, 0.2) is 0 Å². The number of aromatic carboxylic acids is 1. The predicted molar refractivity (Wildman–Crippen MR) is 78.9 cm³/mol. The number of aryl methyl sites for hydroxylation is 1. The normalized spacial score (nSPS) is 10.2. The van der Waals surface area contributed by atoms with Gasteiger partial charge in [-0.1, -0.05) is 12.1 Å². The fraction of sp³-hybridized carbons (Fsp3) is 0.125. The molecule has 21 heavy (non-hydrogen) atoms. The molecule has 0 unspecified atom stereocenters. The highest BCUT2D eigenvalue weighted by Crippen LogP contribution is 2.22. The lowest BCUT2D eigenvalue weighted by molar-refractivity contribution is 0.0695. The number of carbonyl (C=O) groups is 2. The molecular formula is C16H15NO4. The lowest BCUT2D eigenvalue weighted by Gasteiger charge is -2.11. The van der Waals surface area contributed by atoms with Crippen LogP contribution in [0.2, 0.25) is 0 Å².